The Morgan fingerprint density at radius 3 is 2.33 bits per heavy atom. The van der Waals surface area contributed by atoms with Crippen molar-refractivity contribution in [2.24, 2.45) is 4.99 Å². The van der Waals surface area contributed by atoms with E-state index in [0.717, 1.165) is 12.3 Å². The van der Waals surface area contributed by atoms with E-state index in [0.29, 0.717) is 29.9 Å². The summed E-state index contributed by atoms with van der Waals surface area (Å²) in [4.78, 5) is 25.8. The van der Waals surface area contributed by atoms with Gasteiger partial charge in [-0.3, -0.25) is 4.79 Å². The molecule has 1 heterocycles. The van der Waals surface area contributed by atoms with Crippen molar-refractivity contribution in [1.82, 2.24) is 0 Å². The van der Waals surface area contributed by atoms with E-state index in [-0.39, 0.29) is 18.4 Å². The molecule has 0 bridgehead atoms. The van der Waals surface area contributed by atoms with Crippen molar-refractivity contribution in [3.8, 4) is 0 Å². The van der Waals surface area contributed by atoms with Gasteiger partial charge in [0.05, 0.1) is 19.6 Å². The summed E-state index contributed by atoms with van der Waals surface area (Å²) in [5.74, 6) is 0.254. The van der Waals surface area contributed by atoms with E-state index < -0.39 is 8.80 Å². The minimum absolute atomic E-state index is 0.250. The fraction of sp³-hybridized carbons (Fsp3) is 0.588. The third-order valence-electron chi connectivity index (χ3n) is 3.21. The maximum atomic E-state index is 11.1. The average Bonchev–Trinajstić information content (AvgIpc) is 3.16. The molecule has 0 aromatic heterocycles. The van der Waals surface area contributed by atoms with Crippen molar-refractivity contribution in [2.45, 2.75) is 25.8 Å². The molecule has 0 spiro atoms. The minimum atomic E-state index is -2.53. The van der Waals surface area contributed by atoms with Gasteiger partial charge >= 0.3 is 20.7 Å². The zero-order valence-electron chi connectivity index (χ0n) is 16.4. The first-order valence-corrected chi connectivity index (χ1v) is 11.2. The van der Waals surface area contributed by atoms with E-state index in [1.807, 2.05) is 0 Å². The first kappa shape index (κ1) is 25.5. The van der Waals surface area contributed by atoms with Crippen LogP contribution in [0, 0.1) is 0 Å². The predicted octanol–water partition coefficient (Wildman–Crippen LogP) is 2.58. The Morgan fingerprint density at radius 2 is 1.89 bits per heavy atom. The number of ether oxygens (including phenoxy) is 2. The van der Waals surface area contributed by atoms with Gasteiger partial charge in [-0.25, -0.2) is 9.79 Å². The van der Waals surface area contributed by atoms with E-state index in [2.05, 4.69) is 18.2 Å². The number of nitrogens with zero attached hydrogens (tertiary/aromatic N) is 1. The summed E-state index contributed by atoms with van der Waals surface area (Å²) in [7, 11) is 2.13. The van der Waals surface area contributed by atoms with Crippen LogP contribution in [0.1, 0.15) is 19.8 Å². The second-order valence-electron chi connectivity index (χ2n) is 5.28. The molecule has 0 aliphatic carbocycles. The highest BCUT2D eigenvalue weighted by molar-refractivity contribution is 8.13. The molecule has 0 radical (unpaired) electrons. The molecule has 0 aromatic rings. The van der Waals surface area contributed by atoms with Gasteiger partial charge in [-0.15, -0.1) is 6.58 Å². The Kier molecular flexibility index (Phi) is 13.8. The molecule has 0 unspecified atom stereocenters. The van der Waals surface area contributed by atoms with Gasteiger partial charge in [0.15, 0.2) is 0 Å². The number of rotatable bonds is 10. The van der Waals surface area contributed by atoms with Crippen molar-refractivity contribution < 1.29 is 32.3 Å². The summed E-state index contributed by atoms with van der Waals surface area (Å²) in [5.41, 5.74) is 0.397. The normalized spacial score (nSPS) is 13.1. The van der Waals surface area contributed by atoms with Gasteiger partial charge in [0.1, 0.15) is 0 Å². The number of carbonyl (C=O) groups is 2. The van der Waals surface area contributed by atoms with E-state index in [9.17, 15) is 9.59 Å². The first-order valence-electron chi connectivity index (χ1n) is 8.31. The molecule has 8 nitrogen and oxygen atoms in total. The fourth-order valence-corrected chi connectivity index (χ4v) is 4.15. The summed E-state index contributed by atoms with van der Waals surface area (Å²) in [6.45, 7) is 9.60. The topological polar surface area (TPSA) is 92.7 Å². The standard InChI is InChI=1S/C10H20O5Si.C7H9NO2S/c1-9(2)10(11)15-7-6-8-16(12-3,13-4)14-5;1-2-3-6(9)10-7-8-4-5-11-7/h1,6-8H2,2-5H3;2H,1,3-5H2. The molecule has 0 aromatic carbocycles. The number of carbonyl (C=O) groups excluding carboxylic acids is 2. The molecule has 0 N–H and O–H groups in total. The van der Waals surface area contributed by atoms with Crippen LogP contribution >= 0.6 is 11.8 Å². The molecule has 1 aliphatic rings. The molecular weight excluding hydrogens is 390 g/mol. The Morgan fingerprint density at radius 1 is 1.26 bits per heavy atom. The fourth-order valence-electron chi connectivity index (χ4n) is 1.77. The monoisotopic (exact) mass is 419 g/mol. The van der Waals surface area contributed by atoms with Gasteiger partial charge in [0, 0.05) is 38.7 Å². The van der Waals surface area contributed by atoms with E-state index in [1.54, 1.807) is 28.3 Å². The summed E-state index contributed by atoms with van der Waals surface area (Å²) in [5, 5.41) is 0.497. The number of hydrogen-bond donors (Lipinski definition) is 0. The number of esters is 2. The van der Waals surface area contributed by atoms with Crippen molar-refractivity contribution in [1.29, 1.82) is 0 Å². The maximum absolute atomic E-state index is 11.1. The van der Waals surface area contributed by atoms with Crippen molar-refractivity contribution in [2.75, 3.05) is 40.2 Å². The quantitative estimate of drug-likeness (QED) is 0.175. The Hall–Kier alpha value is -1.46. The molecule has 0 saturated carbocycles. The summed E-state index contributed by atoms with van der Waals surface area (Å²) >= 11 is 1.47. The molecule has 10 heteroatoms. The maximum Gasteiger partial charge on any atom is 0.500 e. The third kappa shape index (κ3) is 11.1. The van der Waals surface area contributed by atoms with Gasteiger partial charge in [-0.05, 0) is 13.3 Å². The van der Waals surface area contributed by atoms with Crippen LogP contribution in [0.3, 0.4) is 0 Å². The van der Waals surface area contributed by atoms with Crippen LogP contribution in [0.4, 0.5) is 0 Å². The molecule has 154 valence electrons. The predicted molar refractivity (Wildman–Crippen MR) is 108 cm³/mol. The second kappa shape index (κ2) is 14.6. The molecule has 1 aliphatic heterocycles. The lowest BCUT2D eigenvalue weighted by Gasteiger charge is -2.24. The van der Waals surface area contributed by atoms with Gasteiger partial charge in [0.25, 0.3) is 5.23 Å². The van der Waals surface area contributed by atoms with Crippen molar-refractivity contribution >= 4 is 37.7 Å². The highest BCUT2D eigenvalue weighted by Crippen LogP contribution is 2.15. The molecule has 0 amide bonds. The lowest BCUT2D eigenvalue weighted by molar-refractivity contribution is -0.139. The number of thioether (sulfide) groups is 1. The van der Waals surface area contributed by atoms with Crippen LogP contribution in [-0.4, -0.2) is 66.2 Å². The summed E-state index contributed by atoms with van der Waals surface area (Å²) in [6.07, 6.45) is 2.41. The van der Waals surface area contributed by atoms with Crippen molar-refractivity contribution in [3.05, 3.63) is 24.8 Å². The second-order valence-corrected chi connectivity index (χ2v) is 9.42. The van der Waals surface area contributed by atoms with Gasteiger partial charge in [0.2, 0.25) is 0 Å². The van der Waals surface area contributed by atoms with Gasteiger partial charge in [-0.1, -0.05) is 24.4 Å². The molecular formula is C17H29NO7SSi. The zero-order chi connectivity index (χ0) is 20.7. The lowest BCUT2D eigenvalue weighted by atomic mass is 10.4. The van der Waals surface area contributed by atoms with Crippen LogP contribution in [0.2, 0.25) is 6.04 Å². The third-order valence-corrected chi connectivity index (χ3v) is 6.89. The molecule has 0 fully saturated rings. The van der Waals surface area contributed by atoms with E-state index in [1.165, 1.54) is 17.8 Å². The Bertz CT molecular complexity index is 527. The lowest BCUT2D eigenvalue weighted by Crippen LogP contribution is -2.42. The Labute approximate surface area is 166 Å². The number of hydrogen-bond acceptors (Lipinski definition) is 9. The molecule has 0 saturated heterocycles. The summed E-state index contributed by atoms with van der Waals surface area (Å²) in [6, 6.07) is 0.611. The van der Waals surface area contributed by atoms with Crippen LogP contribution in [0.15, 0.2) is 29.8 Å². The smallest absolute Gasteiger partial charge is 0.462 e. The average molecular weight is 420 g/mol. The Balaban J connectivity index is 0.000000533. The van der Waals surface area contributed by atoms with Gasteiger partial charge < -0.3 is 22.8 Å². The van der Waals surface area contributed by atoms with Crippen molar-refractivity contribution in [3.63, 3.8) is 0 Å². The SMILES string of the molecule is C=C(C)C(=O)OCCC[Si](OC)(OC)OC.C=CCC(=O)OC1=NCCS1. The largest absolute Gasteiger partial charge is 0.500 e. The highest BCUT2D eigenvalue weighted by Gasteiger charge is 2.36. The molecule has 1 rings (SSSR count). The van der Waals surface area contributed by atoms with E-state index >= 15 is 0 Å². The van der Waals surface area contributed by atoms with Crippen LogP contribution in [-0.2, 0) is 32.3 Å². The number of aliphatic imine (C=N–C) groups is 1. The first-order chi connectivity index (χ1) is 12.8. The minimum Gasteiger partial charge on any atom is -0.462 e. The zero-order valence-corrected chi connectivity index (χ0v) is 18.3. The van der Waals surface area contributed by atoms with Crippen LogP contribution in [0.5, 0.6) is 0 Å². The van der Waals surface area contributed by atoms with E-state index in [4.69, 9.17) is 22.8 Å². The van der Waals surface area contributed by atoms with Gasteiger partial charge in [-0.2, -0.15) is 0 Å². The molecule has 27 heavy (non-hydrogen) atoms. The highest BCUT2D eigenvalue weighted by atomic mass is 32.2. The van der Waals surface area contributed by atoms with Crippen LogP contribution < -0.4 is 0 Å². The van der Waals surface area contributed by atoms with Crippen LogP contribution in [0.25, 0.3) is 0 Å². The summed E-state index contributed by atoms with van der Waals surface area (Å²) < 4.78 is 25.5. The molecule has 0 atom stereocenters.